The maximum absolute atomic E-state index is 12.0. The van der Waals surface area contributed by atoms with E-state index in [4.69, 9.17) is 4.74 Å². The van der Waals surface area contributed by atoms with Crippen LogP contribution < -0.4 is 10.1 Å². The summed E-state index contributed by atoms with van der Waals surface area (Å²) in [5.41, 5.74) is 2.57. The number of carbonyl (C=O) groups excluding carboxylic acids is 1. The summed E-state index contributed by atoms with van der Waals surface area (Å²) in [6.45, 7) is 2.92. The number of ether oxygens (including phenoxy) is 1. The SMILES string of the molecule is CCOc1ccc(C(=O)NCCc2c[nH]c3ccccc23)nn1. The number of nitrogens with one attached hydrogen (secondary N) is 2. The van der Waals surface area contributed by atoms with E-state index in [0.717, 1.165) is 11.9 Å². The highest BCUT2D eigenvalue weighted by molar-refractivity contribution is 5.92. The normalized spacial score (nSPS) is 10.7. The number of aromatic nitrogens is 3. The Morgan fingerprint density at radius 3 is 2.87 bits per heavy atom. The third kappa shape index (κ3) is 3.48. The van der Waals surface area contributed by atoms with Crippen molar-refractivity contribution in [2.75, 3.05) is 13.2 Å². The number of aromatic amines is 1. The maximum atomic E-state index is 12.0. The van der Waals surface area contributed by atoms with Crippen molar-refractivity contribution >= 4 is 16.8 Å². The third-order valence-electron chi connectivity index (χ3n) is 3.52. The zero-order valence-electron chi connectivity index (χ0n) is 12.9. The van der Waals surface area contributed by atoms with Crippen LogP contribution in [0.25, 0.3) is 10.9 Å². The summed E-state index contributed by atoms with van der Waals surface area (Å²) in [5.74, 6) is 0.184. The van der Waals surface area contributed by atoms with Gasteiger partial charge in [-0.1, -0.05) is 18.2 Å². The molecule has 3 rings (SSSR count). The number of nitrogens with zero attached hydrogens (tertiary/aromatic N) is 2. The van der Waals surface area contributed by atoms with Gasteiger partial charge in [0.1, 0.15) is 0 Å². The molecule has 0 saturated heterocycles. The Bertz CT molecular complexity index is 796. The molecule has 6 nitrogen and oxygen atoms in total. The van der Waals surface area contributed by atoms with Crippen LogP contribution in [-0.4, -0.2) is 34.2 Å². The van der Waals surface area contributed by atoms with Crippen molar-refractivity contribution in [3.8, 4) is 5.88 Å². The fourth-order valence-electron chi connectivity index (χ4n) is 2.41. The Morgan fingerprint density at radius 1 is 1.22 bits per heavy atom. The lowest BCUT2D eigenvalue weighted by atomic mass is 10.1. The average Bonchev–Trinajstić information content (AvgIpc) is 2.99. The summed E-state index contributed by atoms with van der Waals surface area (Å²) in [7, 11) is 0. The van der Waals surface area contributed by atoms with Crippen LogP contribution in [0.4, 0.5) is 0 Å². The number of para-hydroxylation sites is 1. The number of benzene rings is 1. The molecule has 0 fully saturated rings. The first-order chi connectivity index (χ1) is 11.3. The molecule has 2 N–H and O–H groups in total. The minimum absolute atomic E-state index is 0.236. The van der Waals surface area contributed by atoms with Gasteiger partial charge in [-0.05, 0) is 31.0 Å². The van der Waals surface area contributed by atoms with E-state index in [0.29, 0.717) is 19.0 Å². The zero-order chi connectivity index (χ0) is 16.1. The Hall–Kier alpha value is -2.89. The van der Waals surface area contributed by atoms with Gasteiger partial charge in [0.15, 0.2) is 5.69 Å². The molecule has 1 amide bonds. The molecular formula is C17H18N4O2. The molecule has 0 spiro atoms. The van der Waals surface area contributed by atoms with Gasteiger partial charge in [-0.25, -0.2) is 0 Å². The highest BCUT2D eigenvalue weighted by Gasteiger charge is 2.09. The van der Waals surface area contributed by atoms with E-state index in [1.807, 2.05) is 31.3 Å². The smallest absolute Gasteiger partial charge is 0.271 e. The van der Waals surface area contributed by atoms with Gasteiger partial charge in [-0.15, -0.1) is 10.2 Å². The second-order valence-corrected chi connectivity index (χ2v) is 5.06. The largest absolute Gasteiger partial charge is 0.477 e. The molecule has 2 aromatic heterocycles. The number of hydrogen-bond donors (Lipinski definition) is 2. The molecule has 0 radical (unpaired) electrons. The lowest BCUT2D eigenvalue weighted by Crippen LogP contribution is -2.26. The molecule has 118 valence electrons. The Kier molecular flexibility index (Phi) is 4.52. The van der Waals surface area contributed by atoms with E-state index in [1.54, 1.807) is 12.1 Å². The summed E-state index contributed by atoms with van der Waals surface area (Å²) < 4.78 is 5.20. The molecule has 3 aromatic rings. The summed E-state index contributed by atoms with van der Waals surface area (Å²) in [5, 5.41) is 11.8. The summed E-state index contributed by atoms with van der Waals surface area (Å²) in [6, 6.07) is 11.4. The molecule has 23 heavy (non-hydrogen) atoms. The highest BCUT2D eigenvalue weighted by atomic mass is 16.5. The Morgan fingerprint density at radius 2 is 2.09 bits per heavy atom. The Labute approximate surface area is 133 Å². The van der Waals surface area contributed by atoms with Gasteiger partial charge in [0.05, 0.1) is 6.61 Å². The first-order valence-corrected chi connectivity index (χ1v) is 7.57. The fraction of sp³-hybridized carbons (Fsp3) is 0.235. The van der Waals surface area contributed by atoms with Crippen molar-refractivity contribution in [3.05, 3.63) is 53.9 Å². The lowest BCUT2D eigenvalue weighted by Gasteiger charge is -2.05. The van der Waals surface area contributed by atoms with Crippen LogP contribution in [0.15, 0.2) is 42.6 Å². The van der Waals surface area contributed by atoms with Crippen LogP contribution in [0, 0.1) is 0 Å². The molecule has 0 atom stereocenters. The molecule has 0 aliphatic carbocycles. The molecule has 0 aliphatic rings. The number of H-pyrrole nitrogens is 1. The second kappa shape index (κ2) is 6.91. The molecule has 2 heterocycles. The summed E-state index contributed by atoms with van der Waals surface area (Å²) >= 11 is 0. The van der Waals surface area contributed by atoms with Crippen molar-refractivity contribution in [2.24, 2.45) is 0 Å². The van der Waals surface area contributed by atoms with Gasteiger partial charge in [0.25, 0.3) is 5.91 Å². The molecule has 0 aliphatic heterocycles. The summed E-state index contributed by atoms with van der Waals surface area (Å²) in [4.78, 5) is 15.3. The molecular weight excluding hydrogens is 292 g/mol. The summed E-state index contributed by atoms with van der Waals surface area (Å²) in [6.07, 6.45) is 2.73. The second-order valence-electron chi connectivity index (χ2n) is 5.06. The van der Waals surface area contributed by atoms with Crippen LogP contribution in [0.3, 0.4) is 0 Å². The highest BCUT2D eigenvalue weighted by Crippen LogP contribution is 2.17. The van der Waals surface area contributed by atoms with Gasteiger partial charge in [-0.3, -0.25) is 4.79 Å². The number of fused-ring (bicyclic) bond motifs is 1. The standard InChI is InChI=1S/C17H18N4O2/c1-2-23-16-8-7-15(20-21-16)17(22)18-10-9-12-11-19-14-6-4-3-5-13(12)14/h3-8,11,19H,2,9-10H2,1H3,(H,18,22). The van der Waals surface area contributed by atoms with Crippen LogP contribution in [-0.2, 0) is 6.42 Å². The van der Waals surface area contributed by atoms with Crippen molar-refractivity contribution < 1.29 is 9.53 Å². The van der Waals surface area contributed by atoms with E-state index in [9.17, 15) is 4.79 Å². The van der Waals surface area contributed by atoms with Gasteiger partial charge in [0, 0.05) is 29.7 Å². The number of hydrogen-bond acceptors (Lipinski definition) is 4. The van der Waals surface area contributed by atoms with Crippen LogP contribution in [0.2, 0.25) is 0 Å². The van der Waals surface area contributed by atoms with E-state index in [1.165, 1.54) is 10.9 Å². The van der Waals surface area contributed by atoms with Crippen LogP contribution in [0.1, 0.15) is 23.0 Å². The first kappa shape index (κ1) is 15.0. The predicted molar refractivity (Wildman–Crippen MR) is 87.5 cm³/mol. The molecule has 0 unspecified atom stereocenters. The number of carbonyl (C=O) groups is 1. The minimum Gasteiger partial charge on any atom is -0.477 e. The van der Waals surface area contributed by atoms with Crippen LogP contribution >= 0.6 is 0 Å². The molecule has 1 aromatic carbocycles. The fourth-order valence-corrected chi connectivity index (χ4v) is 2.41. The first-order valence-electron chi connectivity index (χ1n) is 7.57. The average molecular weight is 310 g/mol. The number of amides is 1. The molecule has 6 heteroatoms. The van der Waals surface area contributed by atoms with E-state index in [-0.39, 0.29) is 11.6 Å². The van der Waals surface area contributed by atoms with E-state index >= 15 is 0 Å². The van der Waals surface area contributed by atoms with Gasteiger partial charge in [0.2, 0.25) is 5.88 Å². The van der Waals surface area contributed by atoms with Gasteiger partial charge in [-0.2, -0.15) is 0 Å². The third-order valence-corrected chi connectivity index (χ3v) is 3.52. The van der Waals surface area contributed by atoms with Gasteiger partial charge < -0.3 is 15.0 Å². The predicted octanol–water partition coefficient (Wildman–Crippen LogP) is 2.33. The lowest BCUT2D eigenvalue weighted by molar-refractivity contribution is 0.0948. The van der Waals surface area contributed by atoms with Crippen molar-refractivity contribution in [1.82, 2.24) is 20.5 Å². The topological polar surface area (TPSA) is 79.9 Å². The monoisotopic (exact) mass is 310 g/mol. The Balaban J connectivity index is 1.56. The van der Waals surface area contributed by atoms with Gasteiger partial charge >= 0.3 is 0 Å². The minimum atomic E-state index is -0.236. The maximum Gasteiger partial charge on any atom is 0.271 e. The van der Waals surface area contributed by atoms with E-state index < -0.39 is 0 Å². The van der Waals surface area contributed by atoms with Crippen molar-refractivity contribution in [2.45, 2.75) is 13.3 Å². The van der Waals surface area contributed by atoms with Crippen molar-refractivity contribution in [3.63, 3.8) is 0 Å². The molecule has 0 saturated carbocycles. The molecule has 0 bridgehead atoms. The quantitative estimate of drug-likeness (QED) is 0.732. The van der Waals surface area contributed by atoms with Crippen LogP contribution in [0.5, 0.6) is 5.88 Å². The zero-order valence-corrected chi connectivity index (χ0v) is 12.9. The number of rotatable bonds is 6. The van der Waals surface area contributed by atoms with E-state index in [2.05, 4.69) is 26.6 Å². The van der Waals surface area contributed by atoms with Crippen molar-refractivity contribution in [1.29, 1.82) is 0 Å².